The molecule has 1 heterocycles. The molecule has 0 saturated heterocycles. The molecule has 5 heteroatoms. The molecule has 0 aliphatic carbocycles. The van der Waals surface area contributed by atoms with Crippen molar-refractivity contribution in [1.82, 2.24) is 5.16 Å². The normalized spacial score (nSPS) is 11.6. The Kier molecular flexibility index (Phi) is 5.93. The number of rotatable bonds is 7. The molecule has 3 aromatic rings. The third-order valence-corrected chi connectivity index (χ3v) is 3.85. The lowest BCUT2D eigenvalue weighted by Crippen LogP contribution is -2.26. The lowest BCUT2D eigenvalue weighted by Gasteiger charge is -2.14. The summed E-state index contributed by atoms with van der Waals surface area (Å²) in [6.45, 7) is 2.09. The number of hydrogen-bond acceptors (Lipinski definition) is 5. The second-order valence-electron chi connectivity index (χ2n) is 5.71. The van der Waals surface area contributed by atoms with Crippen LogP contribution in [0.25, 0.3) is 0 Å². The monoisotopic (exact) mass is 348 g/mol. The molecule has 1 atom stereocenters. The summed E-state index contributed by atoms with van der Waals surface area (Å²) in [6.07, 6.45) is 3.48. The molecule has 0 bridgehead atoms. The minimum atomic E-state index is -0.676. The van der Waals surface area contributed by atoms with Crippen LogP contribution < -0.4 is 0 Å². The van der Waals surface area contributed by atoms with Gasteiger partial charge in [-0.2, -0.15) is 0 Å². The Balaban J connectivity index is 2.02. The molecule has 0 aliphatic heterocycles. The number of benzene rings is 2. The molecular weight excluding hydrogens is 328 g/mol. The van der Waals surface area contributed by atoms with E-state index in [9.17, 15) is 4.79 Å². The van der Waals surface area contributed by atoms with E-state index in [1.165, 1.54) is 6.26 Å². The molecule has 132 valence electrons. The van der Waals surface area contributed by atoms with Crippen LogP contribution in [0.15, 0.2) is 82.6 Å². The van der Waals surface area contributed by atoms with Crippen molar-refractivity contribution in [2.45, 2.75) is 19.4 Å². The molecule has 1 aromatic heterocycles. The van der Waals surface area contributed by atoms with Gasteiger partial charge in [0.25, 0.3) is 0 Å². The predicted molar refractivity (Wildman–Crippen MR) is 99.2 cm³/mol. The van der Waals surface area contributed by atoms with Gasteiger partial charge in [-0.1, -0.05) is 65.8 Å². The van der Waals surface area contributed by atoms with Gasteiger partial charge in [0.05, 0.1) is 18.5 Å². The Labute approximate surface area is 152 Å². The number of aromatic nitrogens is 1. The minimum Gasteiger partial charge on any atom is -0.464 e. The average Bonchev–Trinajstić information content (AvgIpc) is 3.20. The van der Waals surface area contributed by atoms with E-state index >= 15 is 0 Å². The van der Waals surface area contributed by atoms with Gasteiger partial charge in [0.2, 0.25) is 0 Å². The van der Waals surface area contributed by atoms with Crippen molar-refractivity contribution < 1.29 is 14.1 Å². The maximum Gasteiger partial charge on any atom is 0.331 e. The summed E-state index contributed by atoms with van der Waals surface area (Å²) in [7, 11) is 0. The van der Waals surface area contributed by atoms with Crippen molar-refractivity contribution in [2.75, 3.05) is 6.61 Å². The molecule has 3 rings (SSSR count). The van der Waals surface area contributed by atoms with E-state index in [-0.39, 0.29) is 5.97 Å². The average molecular weight is 348 g/mol. The van der Waals surface area contributed by atoms with Crippen LogP contribution in [0.1, 0.15) is 23.6 Å². The Morgan fingerprint density at radius 3 is 2.19 bits per heavy atom. The van der Waals surface area contributed by atoms with E-state index in [0.29, 0.717) is 13.0 Å². The molecular formula is C21H20N2O3. The highest BCUT2D eigenvalue weighted by molar-refractivity contribution is 6.13. The van der Waals surface area contributed by atoms with Crippen molar-refractivity contribution >= 4 is 11.7 Å². The zero-order chi connectivity index (χ0) is 18.2. The SMILES string of the molecule is CCOC(=O)C(Cc1cnoc1)N=C(c1ccccc1)c1ccccc1. The Morgan fingerprint density at radius 1 is 1.08 bits per heavy atom. The van der Waals surface area contributed by atoms with E-state index in [1.54, 1.807) is 13.1 Å². The lowest BCUT2D eigenvalue weighted by atomic mass is 10.0. The van der Waals surface area contributed by atoms with E-state index in [1.807, 2.05) is 60.7 Å². The minimum absolute atomic E-state index is 0.306. The van der Waals surface area contributed by atoms with Gasteiger partial charge in [0.1, 0.15) is 6.26 Å². The summed E-state index contributed by atoms with van der Waals surface area (Å²) in [4.78, 5) is 17.3. The van der Waals surface area contributed by atoms with Crippen molar-refractivity contribution in [1.29, 1.82) is 0 Å². The quantitative estimate of drug-likeness (QED) is 0.482. The van der Waals surface area contributed by atoms with Gasteiger partial charge in [0, 0.05) is 23.1 Å². The summed E-state index contributed by atoms with van der Waals surface area (Å²) in [5.41, 5.74) is 3.43. The highest BCUT2D eigenvalue weighted by atomic mass is 16.5. The number of nitrogens with zero attached hydrogens (tertiary/aromatic N) is 2. The fourth-order valence-electron chi connectivity index (χ4n) is 2.63. The van der Waals surface area contributed by atoms with Gasteiger partial charge >= 0.3 is 5.97 Å². The Bertz CT molecular complexity index is 802. The van der Waals surface area contributed by atoms with Crippen molar-refractivity contribution in [3.05, 3.63) is 89.8 Å². The van der Waals surface area contributed by atoms with Crippen LogP contribution in [0.2, 0.25) is 0 Å². The van der Waals surface area contributed by atoms with Crippen LogP contribution in [-0.4, -0.2) is 29.5 Å². The highest BCUT2D eigenvalue weighted by Gasteiger charge is 2.22. The summed E-state index contributed by atoms with van der Waals surface area (Å²) in [5.74, 6) is -0.363. The number of esters is 1. The van der Waals surface area contributed by atoms with Gasteiger partial charge in [0.15, 0.2) is 6.04 Å². The van der Waals surface area contributed by atoms with Crippen molar-refractivity contribution in [3.8, 4) is 0 Å². The first-order chi connectivity index (χ1) is 12.8. The zero-order valence-corrected chi connectivity index (χ0v) is 14.5. The van der Waals surface area contributed by atoms with E-state index in [4.69, 9.17) is 14.3 Å². The van der Waals surface area contributed by atoms with E-state index in [0.717, 1.165) is 22.4 Å². The highest BCUT2D eigenvalue weighted by Crippen LogP contribution is 2.15. The summed E-state index contributed by atoms with van der Waals surface area (Å²) in [5, 5.41) is 3.70. The van der Waals surface area contributed by atoms with Crippen LogP contribution >= 0.6 is 0 Å². The molecule has 0 amide bonds. The smallest absolute Gasteiger partial charge is 0.331 e. The van der Waals surface area contributed by atoms with Crippen molar-refractivity contribution in [3.63, 3.8) is 0 Å². The molecule has 26 heavy (non-hydrogen) atoms. The summed E-state index contributed by atoms with van der Waals surface area (Å²) in [6, 6.07) is 18.9. The van der Waals surface area contributed by atoms with Gasteiger partial charge in [-0.05, 0) is 6.92 Å². The predicted octanol–water partition coefficient (Wildman–Crippen LogP) is 3.69. The van der Waals surface area contributed by atoms with Crippen LogP contribution in [0.4, 0.5) is 0 Å². The molecule has 1 unspecified atom stereocenters. The fraction of sp³-hybridized carbons (Fsp3) is 0.190. The molecule has 0 saturated carbocycles. The standard InChI is InChI=1S/C21H20N2O3/c1-2-25-21(24)19(13-16-14-22-26-15-16)23-20(17-9-5-3-6-10-17)18-11-7-4-8-12-18/h3-12,14-15,19H,2,13H2,1H3. The van der Waals surface area contributed by atoms with Crippen LogP contribution in [0.5, 0.6) is 0 Å². The lowest BCUT2D eigenvalue weighted by molar-refractivity contribution is -0.144. The molecule has 2 aromatic carbocycles. The first-order valence-corrected chi connectivity index (χ1v) is 8.51. The first-order valence-electron chi connectivity index (χ1n) is 8.51. The van der Waals surface area contributed by atoms with Gasteiger partial charge < -0.3 is 9.26 Å². The third kappa shape index (κ3) is 4.45. The van der Waals surface area contributed by atoms with Gasteiger partial charge in [-0.15, -0.1) is 0 Å². The molecule has 0 N–H and O–H groups in total. The van der Waals surface area contributed by atoms with E-state index < -0.39 is 6.04 Å². The molecule has 0 radical (unpaired) electrons. The van der Waals surface area contributed by atoms with Gasteiger partial charge in [-0.25, -0.2) is 4.79 Å². The van der Waals surface area contributed by atoms with E-state index in [2.05, 4.69) is 5.16 Å². The topological polar surface area (TPSA) is 64.7 Å². The Morgan fingerprint density at radius 2 is 1.69 bits per heavy atom. The van der Waals surface area contributed by atoms with Crippen LogP contribution in [0, 0.1) is 0 Å². The zero-order valence-electron chi connectivity index (χ0n) is 14.5. The van der Waals surface area contributed by atoms with Crippen LogP contribution in [0.3, 0.4) is 0 Å². The van der Waals surface area contributed by atoms with Crippen molar-refractivity contribution in [2.24, 2.45) is 4.99 Å². The number of carbonyl (C=O) groups is 1. The third-order valence-electron chi connectivity index (χ3n) is 3.85. The maximum absolute atomic E-state index is 12.5. The summed E-state index contributed by atoms with van der Waals surface area (Å²) < 4.78 is 10.1. The number of aliphatic imine (C=N–C) groups is 1. The second kappa shape index (κ2) is 8.76. The number of hydrogen-bond donors (Lipinski definition) is 0. The molecule has 0 spiro atoms. The molecule has 5 nitrogen and oxygen atoms in total. The summed E-state index contributed by atoms with van der Waals surface area (Å²) >= 11 is 0. The number of carbonyl (C=O) groups excluding carboxylic acids is 1. The number of ether oxygens (including phenoxy) is 1. The molecule has 0 fully saturated rings. The van der Waals surface area contributed by atoms with Gasteiger partial charge in [-0.3, -0.25) is 4.99 Å². The van der Waals surface area contributed by atoms with Crippen LogP contribution in [-0.2, 0) is 16.0 Å². The maximum atomic E-state index is 12.5. The molecule has 0 aliphatic rings. The first kappa shape index (κ1) is 17.6. The Hall–Kier alpha value is -3.21. The largest absolute Gasteiger partial charge is 0.464 e. The fourth-order valence-corrected chi connectivity index (χ4v) is 2.63. The second-order valence-corrected chi connectivity index (χ2v) is 5.71.